The number of esters is 1. The summed E-state index contributed by atoms with van der Waals surface area (Å²) in [6.45, 7) is 7.72. The Balaban J connectivity index is 2.68. The van der Waals surface area contributed by atoms with Crippen LogP contribution in [-0.2, 0) is 19.1 Å². The molecule has 0 atom stereocenters. The molecule has 1 saturated heterocycles. The number of piperidine rings is 1. The molecule has 0 aliphatic carbocycles. The Morgan fingerprint density at radius 3 is 2.14 bits per heavy atom. The Labute approximate surface area is 130 Å². The number of hydrogen-bond donors (Lipinski definition) is 1. The molecule has 1 rings (SSSR count). The van der Waals surface area contributed by atoms with E-state index in [1.54, 1.807) is 27.7 Å². The predicted molar refractivity (Wildman–Crippen MR) is 78.4 cm³/mol. The molecule has 1 aliphatic heterocycles. The van der Waals surface area contributed by atoms with Crippen LogP contribution in [0.15, 0.2) is 0 Å². The number of ether oxygens (including phenoxy) is 2. The monoisotopic (exact) mass is 315 g/mol. The Morgan fingerprint density at radius 1 is 1.18 bits per heavy atom. The summed E-state index contributed by atoms with van der Waals surface area (Å²) in [6.07, 6.45) is -0.207. The average Bonchev–Trinajstić information content (AvgIpc) is 2.37. The molecule has 126 valence electrons. The Bertz CT molecular complexity index is 432. The van der Waals surface area contributed by atoms with Crippen molar-refractivity contribution in [1.82, 2.24) is 4.90 Å². The SMILES string of the molecule is CCOC(=O)CC1(C(=O)O)CCN(C(=O)OC(C)(C)C)CC1. The van der Waals surface area contributed by atoms with Gasteiger partial charge in [-0.05, 0) is 40.5 Å². The summed E-state index contributed by atoms with van der Waals surface area (Å²) in [5.74, 6) is -1.54. The number of carbonyl (C=O) groups excluding carboxylic acids is 2. The number of carboxylic acids is 1. The van der Waals surface area contributed by atoms with Crippen molar-refractivity contribution >= 4 is 18.0 Å². The standard InChI is InChI=1S/C15H25NO6/c1-5-21-11(17)10-15(12(18)19)6-8-16(9-7-15)13(20)22-14(2,3)4/h5-10H2,1-4H3,(H,18,19). The van der Waals surface area contributed by atoms with Crippen LogP contribution < -0.4 is 0 Å². The lowest BCUT2D eigenvalue weighted by atomic mass is 9.76. The number of aliphatic carboxylic acids is 1. The van der Waals surface area contributed by atoms with Gasteiger partial charge in [0.1, 0.15) is 5.60 Å². The van der Waals surface area contributed by atoms with E-state index in [9.17, 15) is 19.5 Å². The second-order valence-corrected chi connectivity index (χ2v) is 6.53. The van der Waals surface area contributed by atoms with Crippen molar-refractivity contribution in [3.8, 4) is 0 Å². The lowest BCUT2D eigenvalue weighted by Crippen LogP contribution is -2.48. The first-order chi connectivity index (χ1) is 10.1. The van der Waals surface area contributed by atoms with Gasteiger partial charge in [-0.2, -0.15) is 0 Å². The molecule has 1 N–H and O–H groups in total. The van der Waals surface area contributed by atoms with Crippen molar-refractivity contribution in [1.29, 1.82) is 0 Å². The number of rotatable bonds is 4. The summed E-state index contributed by atoms with van der Waals surface area (Å²) < 4.78 is 10.1. The molecule has 0 spiro atoms. The first kappa shape index (κ1) is 18.3. The van der Waals surface area contributed by atoms with Crippen LogP contribution in [0.3, 0.4) is 0 Å². The lowest BCUT2D eigenvalue weighted by molar-refractivity contribution is -0.161. The largest absolute Gasteiger partial charge is 0.481 e. The van der Waals surface area contributed by atoms with Gasteiger partial charge in [-0.15, -0.1) is 0 Å². The summed E-state index contributed by atoms with van der Waals surface area (Å²) in [4.78, 5) is 36.7. The van der Waals surface area contributed by atoms with E-state index in [1.165, 1.54) is 4.90 Å². The van der Waals surface area contributed by atoms with Crippen LogP contribution in [0.1, 0.15) is 47.0 Å². The molecule has 0 unspecified atom stereocenters. The van der Waals surface area contributed by atoms with Crippen molar-refractivity contribution in [2.45, 2.75) is 52.6 Å². The highest BCUT2D eigenvalue weighted by atomic mass is 16.6. The minimum atomic E-state index is -1.16. The topological polar surface area (TPSA) is 93.1 Å². The fraction of sp³-hybridized carbons (Fsp3) is 0.800. The number of carboxylic acid groups (broad SMARTS) is 1. The summed E-state index contributed by atoms with van der Waals surface area (Å²) in [5.41, 5.74) is -1.76. The first-order valence-electron chi connectivity index (χ1n) is 7.46. The Kier molecular flexibility index (Phi) is 5.79. The molecule has 0 aromatic heterocycles. The van der Waals surface area contributed by atoms with Crippen LogP contribution in [0.5, 0.6) is 0 Å². The zero-order valence-corrected chi connectivity index (χ0v) is 13.7. The second kappa shape index (κ2) is 6.98. The van der Waals surface area contributed by atoms with E-state index in [0.29, 0.717) is 0 Å². The van der Waals surface area contributed by atoms with Crippen LogP contribution in [0.25, 0.3) is 0 Å². The van der Waals surface area contributed by atoms with E-state index < -0.39 is 29.0 Å². The molecule has 0 aromatic rings. The molecule has 0 bridgehead atoms. The van der Waals surface area contributed by atoms with E-state index in [0.717, 1.165) is 0 Å². The van der Waals surface area contributed by atoms with Crippen molar-refractivity contribution in [3.63, 3.8) is 0 Å². The number of amides is 1. The van der Waals surface area contributed by atoms with Gasteiger partial charge in [-0.1, -0.05) is 0 Å². The molecule has 7 heteroatoms. The smallest absolute Gasteiger partial charge is 0.410 e. The van der Waals surface area contributed by atoms with Crippen molar-refractivity contribution in [3.05, 3.63) is 0 Å². The zero-order valence-electron chi connectivity index (χ0n) is 13.7. The van der Waals surface area contributed by atoms with Crippen molar-refractivity contribution < 1.29 is 29.0 Å². The van der Waals surface area contributed by atoms with E-state index in [1.807, 2.05) is 0 Å². The third kappa shape index (κ3) is 4.89. The molecular formula is C15H25NO6. The molecule has 0 aromatic carbocycles. The maximum Gasteiger partial charge on any atom is 0.410 e. The van der Waals surface area contributed by atoms with Gasteiger partial charge in [0.25, 0.3) is 0 Å². The molecule has 0 saturated carbocycles. The van der Waals surface area contributed by atoms with Gasteiger partial charge in [0.2, 0.25) is 0 Å². The summed E-state index contributed by atoms with van der Waals surface area (Å²) in [7, 11) is 0. The van der Waals surface area contributed by atoms with Gasteiger partial charge in [0, 0.05) is 13.1 Å². The van der Waals surface area contributed by atoms with E-state index >= 15 is 0 Å². The normalized spacial score (nSPS) is 17.7. The van der Waals surface area contributed by atoms with Gasteiger partial charge in [-0.3, -0.25) is 9.59 Å². The second-order valence-electron chi connectivity index (χ2n) is 6.53. The predicted octanol–water partition coefficient (Wildman–Crippen LogP) is 2.04. The summed E-state index contributed by atoms with van der Waals surface area (Å²) in [5, 5.41) is 9.47. The highest BCUT2D eigenvalue weighted by Crippen LogP contribution is 2.36. The highest BCUT2D eigenvalue weighted by Gasteiger charge is 2.45. The molecule has 1 aliphatic rings. The van der Waals surface area contributed by atoms with Crippen LogP contribution in [0.2, 0.25) is 0 Å². The first-order valence-corrected chi connectivity index (χ1v) is 7.46. The maximum atomic E-state index is 12.0. The van der Waals surface area contributed by atoms with Gasteiger partial charge in [0.15, 0.2) is 0 Å². The van der Waals surface area contributed by atoms with Gasteiger partial charge in [0.05, 0.1) is 18.4 Å². The summed E-state index contributed by atoms with van der Waals surface area (Å²) in [6, 6.07) is 0. The molecule has 1 heterocycles. The zero-order chi connectivity index (χ0) is 17.0. The fourth-order valence-corrected chi connectivity index (χ4v) is 2.40. The molecule has 22 heavy (non-hydrogen) atoms. The minimum Gasteiger partial charge on any atom is -0.481 e. The molecule has 1 fully saturated rings. The molecule has 7 nitrogen and oxygen atoms in total. The van der Waals surface area contributed by atoms with Crippen LogP contribution in [0, 0.1) is 5.41 Å². The van der Waals surface area contributed by atoms with E-state index in [-0.39, 0.29) is 39.0 Å². The summed E-state index contributed by atoms with van der Waals surface area (Å²) >= 11 is 0. The third-order valence-corrected chi connectivity index (χ3v) is 3.61. The maximum absolute atomic E-state index is 12.0. The Hall–Kier alpha value is -1.79. The van der Waals surface area contributed by atoms with Gasteiger partial charge < -0.3 is 19.5 Å². The Morgan fingerprint density at radius 2 is 1.73 bits per heavy atom. The highest BCUT2D eigenvalue weighted by molar-refractivity contribution is 5.82. The van der Waals surface area contributed by atoms with Crippen LogP contribution >= 0.6 is 0 Å². The van der Waals surface area contributed by atoms with E-state index in [4.69, 9.17) is 9.47 Å². The average molecular weight is 315 g/mol. The molecular weight excluding hydrogens is 290 g/mol. The van der Waals surface area contributed by atoms with Crippen LogP contribution in [-0.4, -0.2) is 53.3 Å². The van der Waals surface area contributed by atoms with Crippen molar-refractivity contribution in [2.75, 3.05) is 19.7 Å². The molecule has 0 radical (unpaired) electrons. The van der Waals surface area contributed by atoms with Crippen molar-refractivity contribution in [2.24, 2.45) is 5.41 Å². The number of likely N-dealkylation sites (tertiary alicyclic amines) is 1. The van der Waals surface area contributed by atoms with E-state index in [2.05, 4.69) is 0 Å². The van der Waals surface area contributed by atoms with Gasteiger partial charge >= 0.3 is 18.0 Å². The number of carbonyl (C=O) groups is 3. The fourth-order valence-electron chi connectivity index (χ4n) is 2.40. The lowest BCUT2D eigenvalue weighted by Gasteiger charge is -2.38. The van der Waals surface area contributed by atoms with Gasteiger partial charge in [-0.25, -0.2) is 4.79 Å². The third-order valence-electron chi connectivity index (χ3n) is 3.61. The minimum absolute atomic E-state index is 0.168. The number of hydrogen-bond acceptors (Lipinski definition) is 5. The van der Waals surface area contributed by atoms with Crippen LogP contribution in [0.4, 0.5) is 4.79 Å². The molecule has 1 amide bonds. The number of nitrogens with zero attached hydrogens (tertiary/aromatic N) is 1. The quantitative estimate of drug-likeness (QED) is 0.798.